The maximum Gasteiger partial charge on any atom is 0.100 e. The molecule has 0 aromatic heterocycles. The molecular formula is C9H19F. The summed E-state index contributed by atoms with van der Waals surface area (Å²) in [6.45, 7) is 4.21. The van der Waals surface area contributed by atoms with Gasteiger partial charge in [-0.25, -0.2) is 4.39 Å². The first-order valence-corrected chi connectivity index (χ1v) is 4.45. The second kappa shape index (κ2) is 7.04. The van der Waals surface area contributed by atoms with E-state index in [0.717, 1.165) is 38.5 Å². The van der Waals surface area contributed by atoms with Gasteiger partial charge in [-0.1, -0.05) is 39.5 Å². The number of unbranched alkanes of at least 4 members (excludes halogenated alkanes) is 2. The molecule has 0 heterocycles. The normalized spacial score (nSPS) is 10.8. The second-order valence-corrected chi connectivity index (χ2v) is 2.88. The Morgan fingerprint density at radius 3 is 1.70 bits per heavy atom. The van der Waals surface area contributed by atoms with Crippen molar-refractivity contribution >= 4 is 0 Å². The molecule has 0 aromatic rings. The molecule has 10 heavy (non-hydrogen) atoms. The van der Waals surface area contributed by atoms with E-state index in [0.29, 0.717) is 0 Å². The third-order valence-corrected chi connectivity index (χ3v) is 1.74. The van der Waals surface area contributed by atoms with Crippen LogP contribution in [-0.4, -0.2) is 6.17 Å². The quantitative estimate of drug-likeness (QED) is 0.536. The van der Waals surface area contributed by atoms with Crippen LogP contribution in [0.2, 0.25) is 0 Å². The predicted octanol–water partition coefficient (Wildman–Crippen LogP) is 3.70. The fraction of sp³-hybridized carbons (Fsp3) is 1.00. The summed E-state index contributed by atoms with van der Waals surface area (Å²) < 4.78 is 12.8. The molecule has 0 fully saturated rings. The molecule has 0 unspecified atom stereocenters. The van der Waals surface area contributed by atoms with Crippen LogP contribution in [0.5, 0.6) is 0 Å². The summed E-state index contributed by atoms with van der Waals surface area (Å²) in [5, 5.41) is 0. The highest BCUT2D eigenvalue weighted by atomic mass is 19.1. The Labute approximate surface area is 63.8 Å². The summed E-state index contributed by atoms with van der Waals surface area (Å²) in [5.74, 6) is 0. The maximum absolute atomic E-state index is 12.8. The minimum Gasteiger partial charge on any atom is -0.247 e. The van der Waals surface area contributed by atoms with E-state index in [4.69, 9.17) is 0 Å². The van der Waals surface area contributed by atoms with E-state index in [1.807, 2.05) is 0 Å². The van der Waals surface area contributed by atoms with Crippen LogP contribution in [0.25, 0.3) is 0 Å². The van der Waals surface area contributed by atoms with Gasteiger partial charge in [0.25, 0.3) is 0 Å². The van der Waals surface area contributed by atoms with Crippen molar-refractivity contribution in [2.24, 2.45) is 0 Å². The summed E-state index contributed by atoms with van der Waals surface area (Å²) in [7, 11) is 0. The van der Waals surface area contributed by atoms with Crippen LogP contribution in [0, 0.1) is 0 Å². The zero-order chi connectivity index (χ0) is 7.82. The van der Waals surface area contributed by atoms with Crippen LogP contribution in [0.1, 0.15) is 52.4 Å². The highest BCUT2D eigenvalue weighted by Crippen LogP contribution is 2.11. The van der Waals surface area contributed by atoms with Crippen LogP contribution in [0.3, 0.4) is 0 Å². The first-order chi connectivity index (χ1) is 4.81. The van der Waals surface area contributed by atoms with E-state index in [9.17, 15) is 4.39 Å². The molecule has 0 aliphatic rings. The molecule has 0 amide bonds. The minimum atomic E-state index is -0.528. The molecule has 1 heteroatoms. The summed E-state index contributed by atoms with van der Waals surface area (Å²) in [5.41, 5.74) is 0. The molecule has 0 rings (SSSR count). The van der Waals surface area contributed by atoms with Crippen LogP contribution in [-0.2, 0) is 0 Å². The smallest absolute Gasteiger partial charge is 0.100 e. The SMILES string of the molecule is CCCCC(F)CCCC. The minimum absolute atomic E-state index is 0.528. The Morgan fingerprint density at radius 1 is 1.00 bits per heavy atom. The average molecular weight is 146 g/mol. The first-order valence-electron chi connectivity index (χ1n) is 4.45. The molecule has 0 aliphatic carbocycles. The molecular weight excluding hydrogens is 127 g/mol. The third kappa shape index (κ3) is 6.06. The van der Waals surface area contributed by atoms with Crippen molar-refractivity contribution in [2.45, 2.75) is 58.5 Å². The van der Waals surface area contributed by atoms with Gasteiger partial charge in [0.15, 0.2) is 0 Å². The van der Waals surface area contributed by atoms with Gasteiger partial charge in [0, 0.05) is 0 Å². The van der Waals surface area contributed by atoms with Crippen molar-refractivity contribution in [3.8, 4) is 0 Å². The van der Waals surface area contributed by atoms with E-state index in [1.54, 1.807) is 0 Å². The monoisotopic (exact) mass is 146 g/mol. The van der Waals surface area contributed by atoms with Crippen molar-refractivity contribution < 1.29 is 4.39 Å². The van der Waals surface area contributed by atoms with Crippen LogP contribution in [0.15, 0.2) is 0 Å². The average Bonchev–Trinajstić information content (AvgIpc) is 1.97. The van der Waals surface area contributed by atoms with Crippen molar-refractivity contribution in [1.82, 2.24) is 0 Å². The number of alkyl halides is 1. The molecule has 0 spiro atoms. The molecule has 0 saturated carbocycles. The molecule has 0 aromatic carbocycles. The lowest BCUT2D eigenvalue weighted by molar-refractivity contribution is 0.283. The molecule has 0 aliphatic heterocycles. The Hall–Kier alpha value is -0.0700. The largest absolute Gasteiger partial charge is 0.247 e. The Morgan fingerprint density at radius 2 is 1.40 bits per heavy atom. The Kier molecular flexibility index (Phi) is 6.99. The predicted molar refractivity (Wildman–Crippen MR) is 43.9 cm³/mol. The topological polar surface area (TPSA) is 0 Å². The molecule has 0 saturated heterocycles. The van der Waals surface area contributed by atoms with Crippen LogP contribution < -0.4 is 0 Å². The molecule has 0 radical (unpaired) electrons. The van der Waals surface area contributed by atoms with Gasteiger partial charge < -0.3 is 0 Å². The van der Waals surface area contributed by atoms with Crippen LogP contribution >= 0.6 is 0 Å². The first kappa shape index (κ1) is 9.93. The van der Waals surface area contributed by atoms with Crippen molar-refractivity contribution in [3.63, 3.8) is 0 Å². The Balaban J connectivity index is 3.00. The zero-order valence-electron chi connectivity index (χ0n) is 7.20. The van der Waals surface area contributed by atoms with Gasteiger partial charge in [-0.3, -0.25) is 0 Å². The highest BCUT2D eigenvalue weighted by Gasteiger charge is 2.03. The summed E-state index contributed by atoms with van der Waals surface area (Å²) in [4.78, 5) is 0. The van der Waals surface area contributed by atoms with Crippen molar-refractivity contribution in [3.05, 3.63) is 0 Å². The van der Waals surface area contributed by atoms with E-state index in [1.165, 1.54) is 0 Å². The number of hydrogen-bond acceptors (Lipinski definition) is 0. The van der Waals surface area contributed by atoms with Gasteiger partial charge in [-0.2, -0.15) is 0 Å². The van der Waals surface area contributed by atoms with Crippen molar-refractivity contribution in [2.75, 3.05) is 0 Å². The lowest BCUT2D eigenvalue weighted by atomic mass is 10.1. The summed E-state index contributed by atoms with van der Waals surface area (Å²) in [6.07, 6.45) is 5.35. The van der Waals surface area contributed by atoms with Gasteiger partial charge in [0.1, 0.15) is 6.17 Å². The highest BCUT2D eigenvalue weighted by molar-refractivity contribution is 4.54. The number of hydrogen-bond donors (Lipinski definition) is 0. The van der Waals surface area contributed by atoms with Gasteiger partial charge in [-0.05, 0) is 12.8 Å². The lowest BCUT2D eigenvalue weighted by Crippen LogP contribution is -1.98. The van der Waals surface area contributed by atoms with Gasteiger partial charge in [0.05, 0.1) is 0 Å². The zero-order valence-corrected chi connectivity index (χ0v) is 7.20. The number of halogens is 1. The summed E-state index contributed by atoms with van der Waals surface area (Å²) >= 11 is 0. The van der Waals surface area contributed by atoms with Crippen molar-refractivity contribution in [1.29, 1.82) is 0 Å². The summed E-state index contributed by atoms with van der Waals surface area (Å²) in [6, 6.07) is 0. The van der Waals surface area contributed by atoms with E-state index < -0.39 is 6.17 Å². The molecule has 62 valence electrons. The molecule has 0 nitrogen and oxygen atoms in total. The van der Waals surface area contributed by atoms with Gasteiger partial charge >= 0.3 is 0 Å². The Bertz CT molecular complexity index is 53.7. The van der Waals surface area contributed by atoms with E-state index >= 15 is 0 Å². The number of rotatable bonds is 6. The van der Waals surface area contributed by atoms with Crippen LogP contribution in [0.4, 0.5) is 4.39 Å². The molecule has 0 bridgehead atoms. The fourth-order valence-electron chi connectivity index (χ4n) is 0.996. The van der Waals surface area contributed by atoms with Gasteiger partial charge in [-0.15, -0.1) is 0 Å². The molecule has 0 N–H and O–H groups in total. The standard InChI is InChI=1S/C9H19F/c1-3-5-7-9(10)8-6-4-2/h9H,3-8H2,1-2H3. The second-order valence-electron chi connectivity index (χ2n) is 2.88. The van der Waals surface area contributed by atoms with E-state index in [-0.39, 0.29) is 0 Å². The van der Waals surface area contributed by atoms with Gasteiger partial charge in [0.2, 0.25) is 0 Å². The third-order valence-electron chi connectivity index (χ3n) is 1.74. The molecule has 0 atom stereocenters. The lowest BCUT2D eigenvalue weighted by Gasteiger charge is -2.04. The maximum atomic E-state index is 12.8. The fourth-order valence-corrected chi connectivity index (χ4v) is 0.996. The van der Waals surface area contributed by atoms with E-state index in [2.05, 4.69) is 13.8 Å².